The molecule has 0 unspecified atom stereocenters. The fourth-order valence-corrected chi connectivity index (χ4v) is 4.91. The second-order valence-electron chi connectivity index (χ2n) is 9.95. The number of rotatable bonds is 9. The van der Waals surface area contributed by atoms with E-state index >= 15 is 0 Å². The number of nitrogens with two attached hydrogens (primary N) is 1. The number of nitrogens with zero attached hydrogens (tertiary/aromatic N) is 1. The number of carbonyl (C=O) groups is 3. The number of Topliss-reactive ketones (excluding diaryl/α,β-unsaturated/α-hetero) is 1. The number of amides is 2. The molecule has 0 radical (unpaired) electrons. The standard InChI is InChI=1S/C28H30F3N3O3/c1-16-6-5-9-19-21(16)15-23(35)26(33-24(19)18-7-3-2-4-8-18)34-27(37)20(12-13-28(29,30)31)22(25(32)36)14-17-10-11-17/h2-9,17,20,22,26H,10-15H2,1H3,(H2,32,36)(H,34,37)/t20-,22+,26-/m1/s1. The van der Waals surface area contributed by atoms with Gasteiger partial charge in [0.1, 0.15) is 0 Å². The van der Waals surface area contributed by atoms with Crippen LogP contribution in [0.4, 0.5) is 13.2 Å². The number of fused-ring (bicyclic) bond motifs is 1. The van der Waals surface area contributed by atoms with E-state index in [0.29, 0.717) is 5.71 Å². The number of aryl methyl sites for hydroxylation is 1. The molecule has 0 aromatic heterocycles. The summed E-state index contributed by atoms with van der Waals surface area (Å²) in [4.78, 5) is 43.5. The Kier molecular flexibility index (Phi) is 7.80. The molecule has 9 heteroatoms. The van der Waals surface area contributed by atoms with Gasteiger partial charge in [-0.15, -0.1) is 0 Å². The van der Waals surface area contributed by atoms with E-state index in [4.69, 9.17) is 5.73 Å². The monoisotopic (exact) mass is 513 g/mol. The summed E-state index contributed by atoms with van der Waals surface area (Å²) >= 11 is 0. The molecule has 1 heterocycles. The number of aliphatic imine (C=N–C) groups is 1. The van der Waals surface area contributed by atoms with Gasteiger partial charge in [0.05, 0.1) is 5.71 Å². The minimum absolute atomic E-state index is 0.00132. The molecule has 37 heavy (non-hydrogen) atoms. The number of nitrogens with one attached hydrogen (secondary N) is 1. The second-order valence-corrected chi connectivity index (χ2v) is 9.95. The van der Waals surface area contributed by atoms with Crippen molar-refractivity contribution < 1.29 is 27.6 Å². The molecule has 0 bridgehead atoms. The highest BCUT2D eigenvalue weighted by Crippen LogP contribution is 2.39. The predicted molar refractivity (Wildman–Crippen MR) is 133 cm³/mol. The smallest absolute Gasteiger partial charge is 0.369 e. The quantitative estimate of drug-likeness (QED) is 0.524. The van der Waals surface area contributed by atoms with Gasteiger partial charge < -0.3 is 11.1 Å². The third kappa shape index (κ3) is 6.64. The van der Waals surface area contributed by atoms with Gasteiger partial charge in [0.25, 0.3) is 0 Å². The molecule has 0 spiro atoms. The van der Waals surface area contributed by atoms with Gasteiger partial charge in [-0.05, 0) is 36.8 Å². The van der Waals surface area contributed by atoms with Gasteiger partial charge in [-0.2, -0.15) is 13.2 Å². The molecule has 1 fully saturated rings. The Hall–Kier alpha value is -3.49. The predicted octanol–water partition coefficient (Wildman–Crippen LogP) is 4.26. The number of ketones is 1. The molecule has 2 aromatic carbocycles. The largest absolute Gasteiger partial charge is 0.389 e. The van der Waals surface area contributed by atoms with Crippen LogP contribution in [0.15, 0.2) is 53.5 Å². The maximum Gasteiger partial charge on any atom is 0.389 e. The molecule has 2 aromatic rings. The highest BCUT2D eigenvalue weighted by Gasteiger charge is 2.41. The van der Waals surface area contributed by atoms with Gasteiger partial charge in [0.15, 0.2) is 11.9 Å². The third-order valence-electron chi connectivity index (χ3n) is 7.12. The van der Waals surface area contributed by atoms with Gasteiger partial charge in [-0.25, -0.2) is 0 Å². The molecule has 3 atom stereocenters. The minimum atomic E-state index is -4.50. The summed E-state index contributed by atoms with van der Waals surface area (Å²) in [6.07, 6.45) is -5.68. The first-order valence-corrected chi connectivity index (χ1v) is 12.4. The zero-order valence-electron chi connectivity index (χ0n) is 20.6. The molecule has 1 aliphatic heterocycles. The van der Waals surface area contributed by atoms with Crippen LogP contribution in [0.25, 0.3) is 0 Å². The van der Waals surface area contributed by atoms with Crippen LogP contribution in [-0.2, 0) is 20.8 Å². The van der Waals surface area contributed by atoms with Crippen molar-refractivity contribution in [2.75, 3.05) is 0 Å². The average molecular weight is 514 g/mol. The van der Waals surface area contributed by atoms with Crippen LogP contribution in [0.5, 0.6) is 0 Å². The summed E-state index contributed by atoms with van der Waals surface area (Å²) in [6.45, 7) is 1.89. The van der Waals surface area contributed by atoms with Crippen LogP contribution in [0.3, 0.4) is 0 Å². The number of alkyl halides is 3. The van der Waals surface area contributed by atoms with Crippen LogP contribution in [0, 0.1) is 24.7 Å². The second kappa shape index (κ2) is 10.9. The molecular formula is C28H30F3N3O3. The number of hydrogen-bond acceptors (Lipinski definition) is 4. The first kappa shape index (κ1) is 26.6. The van der Waals surface area contributed by atoms with Crippen LogP contribution in [0.2, 0.25) is 0 Å². The van der Waals surface area contributed by atoms with Crippen molar-refractivity contribution in [3.8, 4) is 0 Å². The van der Waals surface area contributed by atoms with Crippen molar-refractivity contribution >= 4 is 23.3 Å². The Morgan fingerprint density at radius 1 is 1.08 bits per heavy atom. The molecule has 1 saturated carbocycles. The first-order chi connectivity index (χ1) is 17.5. The minimum Gasteiger partial charge on any atom is -0.369 e. The van der Waals surface area contributed by atoms with E-state index in [1.54, 1.807) is 0 Å². The normalized spacial score (nSPS) is 19.3. The summed E-state index contributed by atoms with van der Waals surface area (Å²) in [5.74, 6) is -4.20. The van der Waals surface area contributed by atoms with Crippen LogP contribution in [0.1, 0.15) is 54.4 Å². The Bertz CT molecular complexity index is 1210. The molecule has 1 aliphatic carbocycles. The highest BCUT2D eigenvalue weighted by atomic mass is 19.4. The van der Waals surface area contributed by atoms with Crippen LogP contribution >= 0.6 is 0 Å². The Labute approximate surface area is 213 Å². The van der Waals surface area contributed by atoms with Gasteiger partial charge in [-0.3, -0.25) is 19.4 Å². The van der Waals surface area contributed by atoms with Gasteiger partial charge in [-0.1, -0.05) is 61.4 Å². The van der Waals surface area contributed by atoms with E-state index in [0.717, 1.165) is 35.1 Å². The van der Waals surface area contributed by atoms with Crippen molar-refractivity contribution in [2.24, 2.45) is 28.5 Å². The zero-order chi connectivity index (χ0) is 26.7. The molecule has 196 valence electrons. The van der Waals surface area contributed by atoms with Crippen molar-refractivity contribution in [1.82, 2.24) is 5.32 Å². The summed E-state index contributed by atoms with van der Waals surface area (Å²) in [7, 11) is 0. The maximum absolute atomic E-state index is 13.4. The van der Waals surface area contributed by atoms with E-state index in [9.17, 15) is 27.6 Å². The van der Waals surface area contributed by atoms with E-state index in [2.05, 4.69) is 10.3 Å². The van der Waals surface area contributed by atoms with Gasteiger partial charge >= 0.3 is 6.18 Å². The molecule has 2 amide bonds. The van der Waals surface area contributed by atoms with Gasteiger partial charge in [0, 0.05) is 35.8 Å². The Morgan fingerprint density at radius 3 is 2.41 bits per heavy atom. The van der Waals surface area contributed by atoms with Crippen LogP contribution < -0.4 is 11.1 Å². The molecular weight excluding hydrogens is 483 g/mol. The molecule has 6 nitrogen and oxygen atoms in total. The lowest BCUT2D eigenvalue weighted by molar-refractivity contribution is -0.146. The number of halogens is 3. The van der Waals surface area contributed by atoms with Crippen molar-refractivity contribution in [3.05, 3.63) is 70.8 Å². The van der Waals surface area contributed by atoms with Crippen molar-refractivity contribution in [3.63, 3.8) is 0 Å². The molecule has 0 saturated heterocycles. The summed E-state index contributed by atoms with van der Waals surface area (Å²) in [6, 6.07) is 14.8. The summed E-state index contributed by atoms with van der Waals surface area (Å²) < 4.78 is 39.3. The number of primary amides is 1. The topological polar surface area (TPSA) is 102 Å². The summed E-state index contributed by atoms with van der Waals surface area (Å²) in [5.41, 5.74) is 9.23. The lowest BCUT2D eigenvalue weighted by Gasteiger charge is -2.26. The summed E-state index contributed by atoms with van der Waals surface area (Å²) in [5, 5.41) is 2.58. The lowest BCUT2D eigenvalue weighted by atomic mass is 9.83. The van der Waals surface area contributed by atoms with E-state index in [-0.39, 0.29) is 24.5 Å². The van der Waals surface area contributed by atoms with Crippen molar-refractivity contribution in [1.29, 1.82) is 0 Å². The highest BCUT2D eigenvalue weighted by molar-refractivity contribution is 6.16. The van der Waals surface area contributed by atoms with E-state index < -0.39 is 48.8 Å². The lowest BCUT2D eigenvalue weighted by Crippen LogP contribution is -2.47. The van der Waals surface area contributed by atoms with E-state index in [1.807, 2.05) is 55.5 Å². The molecule has 4 rings (SSSR count). The third-order valence-corrected chi connectivity index (χ3v) is 7.12. The van der Waals surface area contributed by atoms with E-state index in [1.165, 1.54) is 0 Å². The fourth-order valence-electron chi connectivity index (χ4n) is 4.91. The first-order valence-electron chi connectivity index (χ1n) is 12.4. The average Bonchev–Trinajstić information content (AvgIpc) is 3.67. The Morgan fingerprint density at radius 2 is 1.78 bits per heavy atom. The number of benzene rings is 2. The molecule has 2 aliphatic rings. The Balaban J connectivity index is 1.67. The van der Waals surface area contributed by atoms with Crippen LogP contribution in [-0.4, -0.2) is 35.7 Å². The molecule has 3 N–H and O–H groups in total. The number of hydrogen-bond donors (Lipinski definition) is 2. The fraction of sp³-hybridized carbons (Fsp3) is 0.429. The SMILES string of the molecule is Cc1cccc2c1CC(=O)[C@@H](NC(=O)[C@H](CCC(F)(F)F)[C@H](CC1CC1)C(N)=O)N=C2c1ccccc1. The van der Waals surface area contributed by atoms with Crippen molar-refractivity contribution in [2.45, 2.75) is 57.8 Å². The van der Waals surface area contributed by atoms with Gasteiger partial charge in [0.2, 0.25) is 11.8 Å². The number of carbonyl (C=O) groups excluding carboxylic acids is 3. The zero-order valence-corrected chi connectivity index (χ0v) is 20.6. The maximum atomic E-state index is 13.4.